The van der Waals surface area contributed by atoms with Crippen LogP contribution in [0.25, 0.3) is 0 Å². The number of halogens is 2. The van der Waals surface area contributed by atoms with Crippen molar-refractivity contribution in [3.8, 4) is 23.0 Å². The van der Waals surface area contributed by atoms with Crippen LogP contribution in [0.5, 0.6) is 23.0 Å². The van der Waals surface area contributed by atoms with Gasteiger partial charge in [0.05, 0.1) is 65.0 Å². The van der Waals surface area contributed by atoms with Crippen molar-refractivity contribution in [2.24, 2.45) is 0 Å². The minimum Gasteiger partial charge on any atom is -0.493 e. The lowest BCUT2D eigenvalue weighted by Crippen LogP contribution is -2.47. The largest absolute Gasteiger partial charge is 0.493 e. The van der Waals surface area contributed by atoms with E-state index >= 15 is 0 Å². The number of carbonyl (C=O) groups is 2. The molecular formula is C38H38Cl2N4O10. The Morgan fingerprint density at radius 2 is 1.13 bits per heavy atom. The van der Waals surface area contributed by atoms with Gasteiger partial charge in [0.15, 0.2) is 35.2 Å². The number of ether oxygens (including phenoxy) is 6. The van der Waals surface area contributed by atoms with Gasteiger partial charge in [0, 0.05) is 46.7 Å². The van der Waals surface area contributed by atoms with E-state index in [1.54, 1.807) is 60.9 Å². The quantitative estimate of drug-likeness (QED) is 0.146. The molecule has 4 heterocycles. The smallest absolute Gasteiger partial charge is 0.349 e. The van der Waals surface area contributed by atoms with Gasteiger partial charge in [0.1, 0.15) is 12.2 Å². The van der Waals surface area contributed by atoms with E-state index in [9.17, 15) is 9.59 Å². The molecule has 2 saturated heterocycles. The molecule has 0 amide bonds. The highest BCUT2D eigenvalue weighted by Crippen LogP contribution is 2.37. The molecule has 0 saturated carbocycles. The Morgan fingerprint density at radius 3 is 1.52 bits per heavy atom. The van der Waals surface area contributed by atoms with Crippen LogP contribution in [0.4, 0.5) is 0 Å². The molecule has 4 atom stereocenters. The van der Waals surface area contributed by atoms with E-state index < -0.39 is 36.4 Å². The van der Waals surface area contributed by atoms with Crippen molar-refractivity contribution >= 4 is 35.1 Å². The molecule has 2 aliphatic heterocycles. The Morgan fingerprint density at radius 1 is 0.685 bits per heavy atom. The zero-order valence-electron chi connectivity index (χ0n) is 29.4. The van der Waals surface area contributed by atoms with Crippen LogP contribution in [-0.4, -0.2) is 97.9 Å². The molecule has 14 nitrogen and oxygen atoms in total. The summed E-state index contributed by atoms with van der Waals surface area (Å²) < 4.78 is 35.8. The Hall–Kier alpha value is -4.96. The summed E-state index contributed by atoms with van der Waals surface area (Å²) in [4.78, 5) is 45.8. The van der Waals surface area contributed by atoms with E-state index in [0.717, 1.165) is 12.2 Å². The number of hydrogen-bond acceptors (Lipinski definition) is 14. The van der Waals surface area contributed by atoms with Gasteiger partial charge in [0.25, 0.3) is 0 Å². The van der Waals surface area contributed by atoms with Crippen molar-refractivity contribution in [1.29, 1.82) is 0 Å². The molecule has 284 valence electrons. The fourth-order valence-electron chi connectivity index (χ4n) is 5.78. The van der Waals surface area contributed by atoms with Gasteiger partial charge in [-0.15, -0.1) is 10.1 Å². The lowest BCUT2D eigenvalue weighted by Gasteiger charge is -2.35. The van der Waals surface area contributed by atoms with E-state index in [2.05, 4.69) is 9.97 Å². The summed E-state index contributed by atoms with van der Waals surface area (Å²) in [5, 5.41) is 3.87. The number of pyridine rings is 2. The number of rotatable bonds is 14. The molecule has 4 aromatic rings. The van der Waals surface area contributed by atoms with Crippen LogP contribution in [0.2, 0.25) is 10.0 Å². The number of morpholine rings is 2. The molecular weight excluding hydrogens is 743 g/mol. The maximum absolute atomic E-state index is 12.9. The predicted molar refractivity (Wildman–Crippen MR) is 195 cm³/mol. The summed E-state index contributed by atoms with van der Waals surface area (Å²) in [6.07, 6.45) is 2.73. The first-order valence-electron chi connectivity index (χ1n) is 17.0. The van der Waals surface area contributed by atoms with Crippen molar-refractivity contribution in [1.82, 2.24) is 20.1 Å². The number of methoxy groups -OCH3 is 2. The zero-order valence-corrected chi connectivity index (χ0v) is 30.9. The summed E-state index contributed by atoms with van der Waals surface area (Å²) in [5.41, 5.74) is 1.20. The molecule has 0 radical (unpaired) electrons. The zero-order chi connectivity index (χ0) is 37.9. The van der Waals surface area contributed by atoms with Crippen LogP contribution in [0.15, 0.2) is 97.3 Å². The number of carbonyl (C=O) groups excluding carboxylic acids is 2. The molecule has 0 spiro atoms. The molecule has 2 unspecified atom stereocenters. The molecule has 2 aromatic heterocycles. The second-order valence-electron chi connectivity index (χ2n) is 11.9. The number of hydrogen-bond donors (Lipinski definition) is 0. The molecule has 0 aliphatic carbocycles. The average molecular weight is 782 g/mol. The van der Waals surface area contributed by atoms with Gasteiger partial charge in [-0.25, -0.2) is 9.59 Å². The Balaban J connectivity index is 1.05. The number of aromatic nitrogens is 2. The lowest BCUT2D eigenvalue weighted by atomic mass is 10.1. The normalized spacial score (nSPS) is 19.0. The van der Waals surface area contributed by atoms with E-state index in [1.165, 1.54) is 24.3 Å². The first-order valence-corrected chi connectivity index (χ1v) is 17.7. The Kier molecular flexibility index (Phi) is 13.5. The first-order chi connectivity index (χ1) is 26.3. The van der Waals surface area contributed by atoms with Gasteiger partial charge in [-0.2, -0.15) is 0 Å². The third-order valence-electron chi connectivity index (χ3n) is 8.30. The van der Waals surface area contributed by atoms with Gasteiger partial charge in [-0.1, -0.05) is 35.3 Å². The summed E-state index contributed by atoms with van der Waals surface area (Å²) in [7, 11) is 3.04. The van der Waals surface area contributed by atoms with Crippen molar-refractivity contribution in [2.45, 2.75) is 24.4 Å². The minimum absolute atomic E-state index is 0.151. The summed E-state index contributed by atoms with van der Waals surface area (Å²) in [6.45, 7) is 1.35. The summed E-state index contributed by atoms with van der Waals surface area (Å²) in [6, 6.07) is 21.0. The fourth-order valence-corrected chi connectivity index (χ4v) is 6.10. The van der Waals surface area contributed by atoms with E-state index in [4.69, 9.17) is 61.3 Å². The maximum Gasteiger partial charge on any atom is 0.349 e. The van der Waals surface area contributed by atoms with Crippen LogP contribution in [-0.2, 0) is 28.7 Å². The van der Waals surface area contributed by atoms with Crippen LogP contribution >= 0.6 is 23.2 Å². The van der Waals surface area contributed by atoms with Crippen molar-refractivity contribution in [2.75, 3.05) is 53.6 Å². The van der Waals surface area contributed by atoms with Gasteiger partial charge < -0.3 is 38.1 Å². The standard InChI is InChI=1S/C38H38Cl2N4O10/c1-47-31-21-25(39)9-11-29(31)51-37(27-7-3-5-15-41-27)33-23-43(17-19-49-33)53-35(45)13-14-36(46)54-44-18-20-50-34(24-44)38(28-8-4-6-16-42-28)52-30-12-10-26(40)22-32(30)48-2/h3-16,21-22,33-34,37-38H,17-20,23-24H2,1-2H3/b14-13+/t33-,34-,37?,38?/m0/s1. The van der Waals surface area contributed by atoms with Gasteiger partial charge in [-0.05, 0) is 48.5 Å². The topological polar surface area (TPSA) is 140 Å². The number of benzene rings is 2. The third-order valence-corrected chi connectivity index (χ3v) is 8.77. The van der Waals surface area contributed by atoms with E-state index in [-0.39, 0.29) is 39.4 Å². The molecule has 16 heteroatoms. The van der Waals surface area contributed by atoms with Gasteiger partial charge >= 0.3 is 11.9 Å². The highest BCUT2D eigenvalue weighted by molar-refractivity contribution is 6.31. The third kappa shape index (κ3) is 10.4. The fraction of sp³-hybridized carbons (Fsp3) is 0.316. The van der Waals surface area contributed by atoms with Crippen molar-refractivity contribution in [3.63, 3.8) is 0 Å². The van der Waals surface area contributed by atoms with Gasteiger partial charge in [-0.3, -0.25) is 9.97 Å². The predicted octanol–water partition coefficient (Wildman–Crippen LogP) is 5.62. The van der Waals surface area contributed by atoms with Crippen LogP contribution in [0.1, 0.15) is 23.6 Å². The second-order valence-corrected chi connectivity index (χ2v) is 12.8. The molecule has 0 N–H and O–H groups in total. The first kappa shape index (κ1) is 38.8. The van der Waals surface area contributed by atoms with Crippen molar-refractivity contribution in [3.05, 3.63) is 119 Å². The number of nitrogens with zero attached hydrogens (tertiary/aromatic N) is 4. The highest BCUT2D eigenvalue weighted by atomic mass is 35.5. The molecule has 0 bridgehead atoms. The van der Waals surface area contributed by atoms with Crippen LogP contribution < -0.4 is 18.9 Å². The molecule has 2 aromatic carbocycles. The minimum atomic E-state index is -0.775. The molecule has 2 fully saturated rings. The molecule has 6 rings (SSSR count). The van der Waals surface area contributed by atoms with Gasteiger partial charge in [0.2, 0.25) is 0 Å². The Bertz CT molecular complexity index is 1760. The maximum atomic E-state index is 12.9. The summed E-state index contributed by atoms with van der Waals surface area (Å²) >= 11 is 12.3. The summed E-state index contributed by atoms with van der Waals surface area (Å²) in [5.74, 6) is 0.194. The SMILES string of the molecule is COc1cc(Cl)ccc1OC(c1ccccn1)[C@@H]1CN(OC(=O)/C=C/C(=O)ON2CCO[C@H](C(Oc3ccc(Cl)cc3OC)c3ccccn3)C2)CCO1. The van der Waals surface area contributed by atoms with Crippen LogP contribution in [0.3, 0.4) is 0 Å². The molecule has 2 aliphatic rings. The highest BCUT2D eigenvalue weighted by Gasteiger charge is 2.35. The number of hydroxylamine groups is 4. The lowest BCUT2D eigenvalue weighted by molar-refractivity contribution is -0.220. The average Bonchev–Trinajstić information content (AvgIpc) is 3.20. The Labute approximate surface area is 321 Å². The monoisotopic (exact) mass is 780 g/mol. The van der Waals surface area contributed by atoms with E-state index in [0.29, 0.717) is 44.4 Å². The molecule has 54 heavy (non-hydrogen) atoms. The van der Waals surface area contributed by atoms with Crippen LogP contribution in [0, 0.1) is 0 Å². The second kappa shape index (κ2) is 18.9. The van der Waals surface area contributed by atoms with E-state index in [1.807, 2.05) is 24.3 Å². The van der Waals surface area contributed by atoms with Crippen molar-refractivity contribution < 1.29 is 47.7 Å².